The van der Waals surface area contributed by atoms with Gasteiger partial charge in [0.2, 0.25) is 0 Å². The van der Waals surface area contributed by atoms with E-state index in [1.807, 2.05) is 26.2 Å². The van der Waals surface area contributed by atoms with Gasteiger partial charge in [-0.05, 0) is 37.9 Å². The second-order valence-corrected chi connectivity index (χ2v) is 6.11. The summed E-state index contributed by atoms with van der Waals surface area (Å²) in [4.78, 5) is 15.3. The zero-order chi connectivity index (χ0) is 17.5. The molecule has 1 N–H and O–H groups in total. The Morgan fingerprint density at radius 3 is 2.46 bits per heavy atom. The van der Waals surface area contributed by atoms with Crippen molar-refractivity contribution in [3.05, 3.63) is 71.0 Å². The molecule has 0 aliphatic rings. The van der Waals surface area contributed by atoms with Gasteiger partial charge in [-0.2, -0.15) is 0 Å². The fraction of sp³-hybridized carbons (Fsp3) is 0.316. The summed E-state index contributed by atoms with van der Waals surface area (Å²) < 4.78 is 13.9. The average molecular weight is 330 g/mol. The largest absolute Gasteiger partial charge is 0.478 e. The van der Waals surface area contributed by atoms with Gasteiger partial charge in [-0.1, -0.05) is 30.3 Å². The van der Waals surface area contributed by atoms with Crippen LogP contribution in [0.1, 0.15) is 21.5 Å². The molecule has 0 aliphatic heterocycles. The quantitative estimate of drug-likeness (QED) is 0.808. The minimum atomic E-state index is -0.939. The van der Waals surface area contributed by atoms with Crippen LogP contribution in [0.2, 0.25) is 0 Å². The van der Waals surface area contributed by atoms with E-state index in [1.54, 1.807) is 30.3 Å². The lowest BCUT2D eigenvalue weighted by atomic mass is 10.1. The first-order valence-electron chi connectivity index (χ1n) is 7.88. The summed E-state index contributed by atoms with van der Waals surface area (Å²) in [7, 11) is 3.98. The van der Waals surface area contributed by atoms with Gasteiger partial charge in [-0.3, -0.25) is 4.90 Å². The SMILES string of the molecule is CN(C)CCN(Cc1cccc(C(=O)O)c1)Cc1ccccc1F. The maximum atomic E-state index is 13.9. The van der Waals surface area contributed by atoms with E-state index in [9.17, 15) is 9.18 Å². The molecule has 0 atom stereocenters. The number of hydrogen-bond acceptors (Lipinski definition) is 3. The number of carboxylic acids is 1. The van der Waals surface area contributed by atoms with Crippen LogP contribution in [0.3, 0.4) is 0 Å². The highest BCUT2D eigenvalue weighted by Crippen LogP contribution is 2.14. The summed E-state index contributed by atoms with van der Waals surface area (Å²) in [5, 5.41) is 9.12. The molecule has 0 saturated carbocycles. The van der Waals surface area contributed by atoms with Gasteiger partial charge >= 0.3 is 5.97 Å². The Morgan fingerprint density at radius 1 is 1.04 bits per heavy atom. The number of rotatable bonds is 8. The lowest BCUT2D eigenvalue weighted by molar-refractivity contribution is 0.0696. The van der Waals surface area contributed by atoms with Crippen LogP contribution in [0, 0.1) is 5.82 Å². The fourth-order valence-corrected chi connectivity index (χ4v) is 2.48. The molecule has 0 aliphatic carbocycles. The number of likely N-dealkylation sites (N-methyl/N-ethyl adjacent to an activating group) is 1. The number of benzene rings is 2. The number of aromatic carboxylic acids is 1. The molecular formula is C19H23FN2O2. The molecular weight excluding hydrogens is 307 g/mol. The standard InChI is InChI=1S/C19H23FN2O2/c1-21(2)10-11-22(14-17-7-3-4-9-18(17)20)13-15-6-5-8-16(12-15)19(23)24/h3-9,12H,10-11,13-14H2,1-2H3,(H,23,24). The molecule has 0 fully saturated rings. The van der Waals surface area contributed by atoms with Crippen LogP contribution >= 0.6 is 0 Å². The zero-order valence-electron chi connectivity index (χ0n) is 14.1. The minimum Gasteiger partial charge on any atom is -0.478 e. The third-order valence-corrected chi connectivity index (χ3v) is 3.80. The van der Waals surface area contributed by atoms with Gasteiger partial charge < -0.3 is 10.0 Å². The molecule has 0 unspecified atom stereocenters. The molecule has 2 aromatic rings. The molecule has 24 heavy (non-hydrogen) atoms. The maximum absolute atomic E-state index is 13.9. The molecule has 0 bridgehead atoms. The minimum absolute atomic E-state index is 0.216. The number of carbonyl (C=O) groups is 1. The molecule has 2 aromatic carbocycles. The summed E-state index contributed by atoms with van der Waals surface area (Å²) >= 11 is 0. The van der Waals surface area contributed by atoms with Crippen LogP contribution in [-0.2, 0) is 13.1 Å². The number of hydrogen-bond donors (Lipinski definition) is 1. The molecule has 0 heterocycles. The monoisotopic (exact) mass is 330 g/mol. The fourth-order valence-electron chi connectivity index (χ4n) is 2.48. The smallest absolute Gasteiger partial charge is 0.335 e. The summed E-state index contributed by atoms with van der Waals surface area (Å²) in [6.45, 7) is 2.66. The van der Waals surface area contributed by atoms with Gasteiger partial charge in [-0.15, -0.1) is 0 Å². The van der Waals surface area contributed by atoms with Gasteiger partial charge in [0.25, 0.3) is 0 Å². The Kier molecular flexibility index (Phi) is 6.46. The summed E-state index contributed by atoms with van der Waals surface area (Å²) in [6.07, 6.45) is 0. The first kappa shape index (κ1) is 18.1. The topological polar surface area (TPSA) is 43.8 Å². The van der Waals surface area contributed by atoms with Crippen LogP contribution in [0.25, 0.3) is 0 Å². The highest BCUT2D eigenvalue weighted by molar-refractivity contribution is 5.87. The molecule has 2 rings (SSSR count). The van der Waals surface area contributed by atoms with E-state index in [2.05, 4.69) is 9.80 Å². The highest BCUT2D eigenvalue weighted by atomic mass is 19.1. The van der Waals surface area contributed by atoms with Crippen LogP contribution in [-0.4, -0.2) is 48.1 Å². The molecule has 0 spiro atoms. The molecule has 0 saturated heterocycles. The van der Waals surface area contributed by atoms with Crippen molar-refractivity contribution in [1.29, 1.82) is 0 Å². The Balaban J connectivity index is 2.15. The Bertz CT molecular complexity index is 689. The van der Waals surface area contributed by atoms with Gasteiger partial charge in [0, 0.05) is 31.7 Å². The molecule has 0 radical (unpaired) electrons. The van der Waals surface area contributed by atoms with Crippen LogP contribution < -0.4 is 0 Å². The van der Waals surface area contributed by atoms with Gasteiger partial charge in [0.05, 0.1) is 5.56 Å². The first-order chi connectivity index (χ1) is 11.5. The van der Waals surface area contributed by atoms with Crippen molar-refractivity contribution in [1.82, 2.24) is 9.80 Å². The first-order valence-corrected chi connectivity index (χ1v) is 7.88. The van der Waals surface area contributed by atoms with E-state index in [0.717, 1.165) is 18.7 Å². The van der Waals surface area contributed by atoms with E-state index in [1.165, 1.54) is 6.07 Å². The maximum Gasteiger partial charge on any atom is 0.335 e. The molecule has 4 nitrogen and oxygen atoms in total. The molecule has 0 amide bonds. The van der Waals surface area contributed by atoms with Crippen molar-refractivity contribution < 1.29 is 14.3 Å². The highest BCUT2D eigenvalue weighted by Gasteiger charge is 2.12. The van der Waals surface area contributed by atoms with Gasteiger partial charge in [-0.25, -0.2) is 9.18 Å². The lowest BCUT2D eigenvalue weighted by Gasteiger charge is -2.24. The van der Waals surface area contributed by atoms with Gasteiger partial charge in [0.15, 0.2) is 0 Å². The van der Waals surface area contributed by atoms with Crippen LogP contribution in [0.4, 0.5) is 4.39 Å². The molecule has 128 valence electrons. The van der Waals surface area contributed by atoms with Crippen molar-refractivity contribution in [3.63, 3.8) is 0 Å². The van der Waals surface area contributed by atoms with E-state index in [0.29, 0.717) is 18.7 Å². The van der Waals surface area contributed by atoms with Crippen molar-refractivity contribution in [3.8, 4) is 0 Å². The number of halogens is 1. The van der Waals surface area contributed by atoms with Crippen LogP contribution in [0.5, 0.6) is 0 Å². The predicted molar refractivity (Wildman–Crippen MR) is 92.5 cm³/mol. The van der Waals surface area contributed by atoms with E-state index >= 15 is 0 Å². The number of carboxylic acid groups (broad SMARTS) is 1. The van der Waals surface area contributed by atoms with Gasteiger partial charge in [0.1, 0.15) is 5.82 Å². The summed E-state index contributed by atoms with van der Waals surface area (Å²) in [5.74, 6) is -1.16. The Labute approximate surface area is 142 Å². The predicted octanol–water partition coefficient (Wildman–Crippen LogP) is 3.09. The Hall–Kier alpha value is -2.24. The van der Waals surface area contributed by atoms with E-state index in [4.69, 9.17) is 5.11 Å². The van der Waals surface area contributed by atoms with Crippen molar-refractivity contribution >= 4 is 5.97 Å². The molecule has 0 aromatic heterocycles. The van der Waals surface area contributed by atoms with E-state index in [-0.39, 0.29) is 11.4 Å². The lowest BCUT2D eigenvalue weighted by Crippen LogP contribution is -2.31. The molecule has 5 heteroatoms. The summed E-state index contributed by atoms with van der Waals surface area (Å²) in [5.41, 5.74) is 1.82. The third-order valence-electron chi connectivity index (χ3n) is 3.80. The Morgan fingerprint density at radius 2 is 1.79 bits per heavy atom. The second-order valence-electron chi connectivity index (χ2n) is 6.11. The average Bonchev–Trinajstić information content (AvgIpc) is 2.55. The van der Waals surface area contributed by atoms with Crippen molar-refractivity contribution in [2.75, 3.05) is 27.2 Å². The zero-order valence-corrected chi connectivity index (χ0v) is 14.1. The summed E-state index contributed by atoms with van der Waals surface area (Å²) in [6, 6.07) is 13.6. The normalized spacial score (nSPS) is 11.2. The third kappa shape index (κ3) is 5.44. The van der Waals surface area contributed by atoms with Crippen LogP contribution in [0.15, 0.2) is 48.5 Å². The van der Waals surface area contributed by atoms with Crippen molar-refractivity contribution in [2.24, 2.45) is 0 Å². The second kappa shape index (κ2) is 8.57. The van der Waals surface area contributed by atoms with Crippen molar-refractivity contribution in [2.45, 2.75) is 13.1 Å². The van der Waals surface area contributed by atoms with E-state index < -0.39 is 5.97 Å². The number of nitrogens with zero attached hydrogens (tertiary/aromatic N) is 2.